The number of benzene rings is 2. The second kappa shape index (κ2) is 10.6. The maximum absolute atomic E-state index is 12.4. The van der Waals surface area contributed by atoms with E-state index in [0.717, 1.165) is 43.2 Å². The lowest BCUT2D eigenvalue weighted by Crippen LogP contribution is -2.48. The second-order valence-corrected chi connectivity index (χ2v) is 7.93. The number of halogens is 1. The maximum Gasteiger partial charge on any atom is 0.258 e. The van der Waals surface area contributed by atoms with E-state index in [-0.39, 0.29) is 18.6 Å². The highest BCUT2D eigenvalue weighted by atomic mass is 35.5. The Hall–Kier alpha value is -2.08. The number of carbonyl (C=O) groups is 1. The Bertz CT molecular complexity index is 772. The molecule has 6 heteroatoms. The molecule has 1 aliphatic rings. The summed E-state index contributed by atoms with van der Waals surface area (Å²) < 4.78 is 5.63. The zero-order valence-electron chi connectivity index (χ0n) is 17.2. The third-order valence-electron chi connectivity index (χ3n) is 5.43. The first-order chi connectivity index (χ1) is 14.0. The molecule has 0 spiro atoms. The van der Waals surface area contributed by atoms with Gasteiger partial charge < -0.3 is 15.0 Å². The normalized spacial score (nSPS) is 16.4. The van der Waals surface area contributed by atoms with Crippen molar-refractivity contribution >= 4 is 17.5 Å². The molecule has 1 heterocycles. The van der Waals surface area contributed by atoms with Crippen LogP contribution >= 0.6 is 11.6 Å². The largest absolute Gasteiger partial charge is 0.484 e. The minimum Gasteiger partial charge on any atom is -0.484 e. The number of piperazine rings is 1. The van der Waals surface area contributed by atoms with Gasteiger partial charge in [-0.15, -0.1) is 0 Å². The Balaban J connectivity index is 1.56. The Morgan fingerprint density at radius 3 is 2.34 bits per heavy atom. The van der Waals surface area contributed by atoms with Crippen LogP contribution in [0.4, 0.5) is 0 Å². The molecule has 5 nitrogen and oxygen atoms in total. The Labute approximate surface area is 178 Å². The molecule has 1 fully saturated rings. The topological polar surface area (TPSA) is 44.8 Å². The molecule has 0 radical (unpaired) electrons. The molecule has 1 aliphatic heterocycles. The van der Waals surface area contributed by atoms with Crippen molar-refractivity contribution in [1.29, 1.82) is 0 Å². The van der Waals surface area contributed by atoms with Crippen molar-refractivity contribution in [3.63, 3.8) is 0 Å². The number of nitrogens with zero attached hydrogens (tertiary/aromatic N) is 2. The van der Waals surface area contributed by atoms with E-state index in [1.807, 2.05) is 48.5 Å². The highest BCUT2D eigenvalue weighted by Crippen LogP contribution is 2.23. The van der Waals surface area contributed by atoms with Crippen molar-refractivity contribution in [3.05, 3.63) is 64.7 Å². The van der Waals surface area contributed by atoms with Crippen LogP contribution in [0.3, 0.4) is 0 Å². The predicted octanol–water partition coefficient (Wildman–Crippen LogP) is 3.39. The number of hydrogen-bond acceptors (Lipinski definition) is 4. The Kier molecular flexibility index (Phi) is 7.92. The summed E-state index contributed by atoms with van der Waals surface area (Å²) in [5, 5.41) is 3.76. The lowest BCUT2D eigenvalue weighted by atomic mass is 10.0. The fraction of sp³-hybridized carbons (Fsp3) is 0.435. The summed E-state index contributed by atoms with van der Waals surface area (Å²) in [5.41, 5.74) is 2.41. The fourth-order valence-electron chi connectivity index (χ4n) is 3.51. The lowest BCUT2D eigenvalue weighted by Gasteiger charge is -2.38. The molecule has 2 aromatic rings. The second-order valence-electron chi connectivity index (χ2n) is 7.50. The zero-order valence-corrected chi connectivity index (χ0v) is 18.0. The standard InChI is InChI=1S/C23H30ClN3O2/c1-3-18-4-10-21(11-5-18)29-17-23(28)25-16-22(19-6-8-20(24)9-7-19)27-14-12-26(2)13-15-27/h4-11,22H,3,12-17H2,1-2H3,(H,25,28). The van der Waals surface area contributed by atoms with Crippen molar-refractivity contribution in [2.45, 2.75) is 19.4 Å². The van der Waals surface area contributed by atoms with Gasteiger partial charge in [0, 0.05) is 37.7 Å². The monoisotopic (exact) mass is 415 g/mol. The van der Waals surface area contributed by atoms with Crippen LogP contribution in [0.25, 0.3) is 0 Å². The van der Waals surface area contributed by atoms with Gasteiger partial charge in [0.1, 0.15) is 5.75 Å². The van der Waals surface area contributed by atoms with Crippen LogP contribution in [0.5, 0.6) is 5.75 Å². The van der Waals surface area contributed by atoms with Gasteiger partial charge in [0.05, 0.1) is 6.04 Å². The Morgan fingerprint density at radius 1 is 1.07 bits per heavy atom. The van der Waals surface area contributed by atoms with Crippen molar-refractivity contribution in [2.24, 2.45) is 0 Å². The minimum atomic E-state index is -0.113. The van der Waals surface area contributed by atoms with Crippen LogP contribution in [0.2, 0.25) is 5.02 Å². The van der Waals surface area contributed by atoms with E-state index in [1.165, 1.54) is 5.56 Å². The molecular formula is C23H30ClN3O2. The van der Waals surface area contributed by atoms with Crippen molar-refractivity contribution in [1.82, 2.24) is 15.1 Å². The van der Waals surface area contributed by atoms with E-state index < -0.39 is 0 Å². The molecule has 29 heavy (non-hydrogen) atoms. The van der Waals surface area contributed by atoms with E-state index in [4.69, 9.17) is 16.3 Å². The number of ether oxygens (including phenoxy) is 1. The summed E-state index contributed by atoms with van der Waals surface area (Å²) in [7, 11) is 2.14. The molecule has 3 rings (SSSR count). The van der Waals surface area contributed by atoms with Crippen molar-refractivity contribution < 1.29 is 9.53 Å². The maximum atomic E-state index is 12.4. The average molecular weight is 416 g/mol. The van der Waals surface area contributed by atoms with Crippen LogP contribution in [0.1, 0.15) is 24.1 Å². The number of carbonyl (C=O) groups excluding carboxylic acids is 1. The SMILES string of the molecule is CCc1ccc(OCC(=O)NCC(c2ccc(Cl)cc2)N2CCN(C)CC2)cc1. The van der Waals surface area contributed by atoms with Gasteiger partial charge in [0.2, 0.25) is 0 Å². The molecular weight excluding hydrogens is 386 g/mol. The fourth-order valence-corrected chi connectivity index (χ4v) is 3.63. The molecule has 0 saturated carbocycles. The summed E-state index contributed by atoms with van der Waals surface area (Å²) in [6, 6.07) is 15.9. The smallest absolute Gasteiger partial charge is 0.258 e. The highest BCUT2D eigenvalue weighted by molar-refractivity contribution is 6.30. The van der Waals surface area contributed by atoms with E-state index in [0.29, 0.717) is 12.3 Å². The van der Waals surface area contributed by atoms with E-state index in [2.05, 4.69) is 29.1 Å². The third-order valence-corrected chi connectivity index (χ3v) is 5.68. The van der Waals surface area contributed by atoms with Crippen LogP contribution < -0.4 is 10.1 Å². The molecule has 0 aliphatic carbocycles. The molecule has 1 N–H and O–H groups in total. The van der Waals surface area contributed by atoms with Gasteiger partial charge in [-0.1, -0.05) is 42.8 Å². The molecule has 156 valence electrons. The van der Waals surface area contributed by atoms with Gasteiger partial charge >= 0.3 is 0 Å². The molecule has 1 unspecified atom stereocenters. The van der Waals surface area contributed by atoms with Gasteiger partial charge in [0.15, 0.2) is 6.61 Å². The molecule has 1 amide bonds. The average Bonchev–Trinajstić information content (AvgIpc) is 2.75. The number of likely N-dealkylation sites (N-methyl/N-ethyl adjacent to an activating group) is 1. The van der Waals surface area contributed by atoms with Crippen LogP contribution in [-0.4, -0.2) is 62.1 Å². The van der Waals surface area contributed by atoms with Crippen molar-refractivity contribution in [3.8, 4) is 5.75 Å². The van der Waals surface area contributed by atoms with Gasteiger partial charge in [-0.3, -0.25) is 9.69 Å². The number of amides is 1. The zero-order chi connectivity index (χ0) is 20.6. The highest BCUT2D eigenvalue weighted by Gasteiger charge is 2.24. The first-order valence-corrected chi connectivity index (χ1v) is 10.6. The van der Waals surface area contributed by atoms with E-state index in [9.17, 15) is 4.79 Å². The molecule has 0 aromatic heterocycles. The summed E-state index contributed by atoms with van der Waals surface area (Å²) in [5.74, 6) is 0.600. The quantitative estimate of drug-likeness (QED) is 0.717. The Morgan fingerprint density at radius 2 is 1.72 bits per heavy atom. The lowest BCUT2D eigenvalue weighted by molar-refractivity contribution is -0.123. The first-order valence-electron chi connectivity index (χ1n) is 10.2. The summed E-state index contributed by atoms with van der Waals surface area (Å²) in [6.07, 6.45) is 0.985. The van der Waals surface area contributed by atoms with Gasteiger partial charge in [-0.25, -0.2) is 0 Å². The van der Waals surface area contributed by atoms with Crippen LogP contribution in [-0.2, 0) is 11.2 Å². The molecule has 0 bridgehead atoms. The van der Waals surface area contributed by atoms with Crippen LogP contribution in [0.15, 0.2) is 48.5 Å². The van der Waals surface area contributed by atoms with E-state index in [1.54, 1.807) is 0 Å². The minimum absolute atomic E-state index is 0.0154. The number of rotatable bonds is 8. The number of hydrogen-bond donors (Lipinski definition) is 1. The third kappa shape index (κ3) is 6.46. The van der Waals surface area contributed by atoms with E-state index >= 15 is 0 Å². The van der Waals surface area contributed by atoms with Gasteiger partial charge in [-0.05, 0) is 48.9 Å². The van der Waals surface area contributed by atoms with Gasteiger partial charge in [-0.2, -0.15) is 0 Å². The molecule has 1 atom stereocenters. The number of aryl methyl sites for hydroxylation is 1. The molecule has 1 saturated heterocycles. The van der Waals surface area contributed by atoms with Gasteiger partial charge in [0.25, 0.3) is 5.91 Å². The summed E-state index contributed by atoms with van der Waals surface area (Å²) in [6.45, 7) is 6.66. The summed E-state index contributed by atoms with van der Waals surface area (Å²) >= 11 is 6.06. The van der Waals surface area contributed by atoms with Crippen molar-refractivity contribution in [2.75, 3.05) is 46.4 Å². The predicted molar refractivity (Wildman–Crippen MR) is 118 cm³/mol. The van der Waals surface area contributed by atoms with Crippen LogP contribution in [0, 0.1) is 0 Å². The summed E-state index contributed by atoms with van der Waals surface area (Å²) in [4.78, 5) is 17.1. The molecule has 2 aromatic carbocycles. The first kappa shape index (κ1) is 21.6. The number of nitrogens with one attached hydrogen (secondary N) is 1.